The van der Waals surface area contributed by atoms with Crippen molar-refractivity contribution >= 4 is 23.9 Å². The van der Waals surface area contributed by atoms with Crippen molar-refractivity contribution in [2.24, 2.45) is 5.92 Å². The Bertz CT molecular complexity index is 870. The number of aromatic hydroxyl groups is 1. The van der Waals surface area contributed by atoms with Gasteiger partial charge >= 0.3 is 5.97 Å². The lowest BCUT2D eigenvalue weighted by Crippen LogP contribution is -2.73. The Labute approximate surface area is 149 Å². The summed E-state index contributed by atoms with van der Waals surface area (Å²) in [5, 5.41) is 19.0. The molecular formula is C19H18N2O5. The van der Waals surface area contributed by atoms with Gasteiger partial charge < -0.3 is 15.1 Å². The number of benzene rings is 1. The zero-order valence-corrected chi connectivity index (χ0v) is 14.1. The highest BCUT2D eigenvalue weighted by Crippen LogP contribution is 2.49. The summed E-state index contributed by atoms with van der Waals surface area (Å²) in [6.07, 6.45) is 4.14. The summed E-state index contributed by atoms with van der Waals surface area (Å²) in [6, 6.07) is 5.72. The number of nitrogens with zero attached hydrogens (tertiary/aromatic N) is 2. The molecule has 2 N–H and O–H groups in total. The molecule has 134 valence electrons. The second-order valence-corrected chi connectivity index (χ2v) is 6.79. The van der Waals surface area contributed by atoms with Crippen LogP contribution in [0.3, 0.4) is 0 Å². The molecular weight excluding hydrogens is 336 g/mol. The van der Waals surface area contributed by atoms with Crippen LogP contribution >= 0.6 is 0 Å². The third kappa shape index (κ3) is 2.23. The van der Waals surface area contributed by atoms with Gasteiger partial charge in [0.15, 0.2) is 0 Å². The summed E-state index contributed by atoms with van der Waals surface area (Å²) in [5.74, 6) is -1.55. The zero-order valence-electron chi connectivity index (χ0n) is 14.1. The summed E-state index contributed by atoms with van der Waals surface area (Å²) in [5.41, 5.74) is 1.45. The van der Waals surface area contributed by atoms with Gasteiger partial charge in [0.1, 0.15) is 17.5 Å². The highest BCUT2D eigenvalue weighted by atomic mass is 16.4. The van der Waals surface area contributed by atoms with Gasteiger partial charge in [-0.05, 0) is 29.7 Å². The standard InChI is InChI=1S/C19H18N2O5/c1-10(22)20-9-8-14-13(7-4-11-2-5-12(23)6-3-11)16(19(25)26)21-15(14)17(20)18(21)24/h2-7,14-15,17,23H,8-9H2,1H3,(H,25,26)/b7-4+/t14?,15-,17+/m1/s1. The second-order valence-electron chi connectivity index (χ2n) is 6.79. The van der Waals surface area contributed by atoms with E-state index in [1.54, 1.807) is 41.3 Å². The molecule has 2 saturated heterocycles. The maximum atomic E-state index is 12.5. The minimum atomic E-state index is -1.13. The van der Waals surface area contributed by atoms with Crippen molar-refractivity contribution in [2.45, 2.75) is 25.4 Å². The Balaban J connectivity index is 1.70. The monoisotopic (exact) mass is 354 g/mol. The lowest BCUT2D eigenvalue weighted by Gasteiger charge is -2.53. The molecule has 0 spiro atoms. The molecule has 0 saturated carbocycles. The Morgan fingerprint density at radius 1 is 1.19 bits per heavy atom. The van der Waals surface area contributed by atoms with Crippen LogP contribution in [0.15, 0.2) is 41.6 Å². The van der Waals surface area contributed by atoms with Crippen molar-refractivity contribution in [3.63, 3.8) is 0 Å². The minimum Gasteiger partial charge on any atom is -0.508 e. The van der Waals surface area contributed by atoms with Gasteiger partial charge in [0, 0.05) is 19.4 Å². The quantitative estimate of drug-likeness (QED) is 0.795. The number of phenolic OH excluding ortho intramolecular Hbond substituents is 1. The molecule has 7 nitrogen and oxygen atoms in total. The van der Waals surface area contributed by atoms with Gasteiger partial charge in [-0.15, -0.1) is 0 Å². The number of amides is 2. The largest absolute Gasteiger partial charge is 0.508 e. The molecule has 0 radical (unpaired) electrons. The molecule has 4 rings (SSSR count). The van der Waals surface area contributed by atoms with Crippen molar-refractivity contribution in [1.82, 2.24) is 9.80 Å². The van der Waals surface area contributed by atoms with Gasteiger partial charge in [-0.2, -0.15) is 0 Å². The summed E-state index contributed by atoms with van der Waals surface area (Å²) in [4.78, 5) is 39.0. The van der Waals surface area contributed by atoms with Crippen molar-refractivity contribution in [3.05, 3.63) is 47.2 Å². The minimum absolute atomic E-state index is 0.0154. The zero-order chi connectivity index (χ0) is 18.6. The Morgan fingerprint density at radius 2 is 1.88 bits per heavy atom. The Morgan fingerprint density at radius 3 is 2.50 bits per heavy atom. The van der Waals surface area contributed by atoms with E-state index in [-0.39, 0.29) is 35.2 Å². The fourth-order valence-corrected chi connectivity index (χ4v) is 4.27. The molecule has 2 fully saturated rings. The number of likely N-dealkylation sites (tertiary alicyclic amines) is 1. The van der Waals surface area contributed by atoms with Gasteiger partial charge in [0.25, 0.3) is 5.91 Å². The normalized spacial score (nSPS) is 27.0. The molecule has 26 heavy (non-hydrogen) atoms. The Kier molecular flexibility index (Phi) is 3.61. The van der Waals surface area contributed by atoms with Crippen LogP contribution in [0.1, 0.15) is 18.9 Å². The predicted molar refractivity (Wildman–Crippen MR) is 91.7 cm³/mol. The number of phenols is 1. The van der Waals surface area contributed by atoms with Gasteiger partial charge in [-0.25, -0.2) is 4.79 Å². The second kappa shape index (κ2) is 5.72. The number of allylic oxidation sites excluding steroid dienone is 1. The number of carbonyl (C=O) groups is 3. The molecule has 0 aliphatic carbocycles. The van der Waals surface area contributed by atoms with E-state index in [1.165, 1.54) is 11.8 Å². The van der Waals surface area contributed by atoms with Crippen molar-refractivity contribution in [2.75, 3.05) is 6.54 Å². The lowest BCUT2D eigenvalue weighted by molar-refractivity contribution is -0.168. The average Bonchev–Trinajstić information content (AvgIpc) is 2.93. The van der Waals surface area contributed by atoms with Crippen LogP contribution in [0.25, 0.3) is 6.08 Å². The van der Waals surface area contributed by atoms with Crippen LogP contribution in [0.4, 0.5) is 0 Å². The van der Waals surface area contributed by atoms with E-state index >= 15 is 0 Å². The molecule has 0 bridgehead atoms. The molecule has 3 atom stereocenters. The molecule has 1 aromatic rings. The highest BCUT2D eigenvalue weighted by molar-refractivity contribution is 6.03. The molecule has 3 aliphatic rings. The van der Waals surface area contributed by atoms with Gasteiger partial charge in [0.05, 0.1) is 6.04 Å². The van der Waals surface area contributed by atoms with Crippen LogP contribution in [-0.2, 0) is 14.4 Å². The number of hydrogen-bond donors (Lipinski definition) is 2. The fraction of sp³-hybridized carbons (Fsp3) is 0.316. The van der Waals surface area contributed by atoms with Crippen molar-refractivity contribution in [1.29, 1.82) is 0 Å². The number of piperidine rings is 1. The topological polar surface area (TPSA) is 98.2 Å². The molecule has 1 aromatic carbocycles. The first kappa shape index (κ1) is 16.4. The third-order valence-electron chi connectivity index (χ3n) is 5.41. The number of rotatable bonds is 3. The van der Waals surface area contributed by atoms with Crippen LogP contribution in [0, 0.1) is 5.92 Å². The summed E-state index contributed by atoms with van der Waals surface area (Å²) in [7, 11) is 0. The van der Waals surface area contributed by atoms with E-state index in [0.717, 1.165) is 5.56 Å². The molecule has 7 heteroatoms. The highest BCUT2D eigenvalue weighted by Gasteiger charge is 2.63. The molecule has 1 unspecified atom stereocenters. The van der Waals surface area contributed by atoms with Gasteiger partial charge in [-0.3, -0.25) is 14.5 Å². The van der Waals surface area contributed by atoms with Crippen molar-refractivity contribution in [3.8, 4) is 5.75 Å². The maximum Gasteiger partial charge on any atom is 0.352 e. The Hall–Kier alpha value is -3.09. The van der Waals surface area contributed by atoms with Gasteiger partial charge in [-0.1, -0.05) is 24.3 Å². The maximum absolute atomic E-state index is 12.5. The molecule has 3 aliphatic heterocycles. The number of aliphatic carboxylic acids is 1. The van der Waals surface area contributed by atoms with E-state index in [4.69, 9.17) is 0 Å². The number of hydrogen-bond acceptors (Lipinski definition) is 4. The summed E-state index contributed by atoms with van der Waals surface area (Å²) >= 11 is 0. The fourth-order valence-electron chi connectivity index (χ4n) is 4.27. The van der Waals surface area contributed by atoms with E-state index in [9.17, 15) is 24.6 Å². The first-order valence-electron chi connectivity index (χ1n) is 8.45. The molecule has 2 amide bonds. The van der Waals surface area contributed by atoms with Crippen LogP contribution in [0.2, 0.25) is 0 Å². The first-order valence-corrected chi connectivity index (χ1v) is 8.45. The van der Waals surface area contributed by atoms with E-state index in [0.29, 0.717) is 18.5 Å². The van der Waals surface area contributed by atoms with E-state index in [2.05, 4.69) is 0 Å². The van der Waals surface area contributed by atoms with Crippen molar-refractivity contribution < 1.29 is 24.6 Å². The SMILES string of the molecule is CC(=O)N1CCC2C(/C=C/c3ccc(O)cc3)=C(C(=O)O)N3C(=O)[C@@H]1[C@@H]23. The van der Waals surface area contributed by atoms with Crippen LogP contribution in [-0.4, -0.2) is 56.4 Å². The smallest absolute Gasteiger partial charge is 0.352 e. The molecule has 3 heterocycles. The lowest BCUT2D eigenvalue weighted by atomic mass is 9.78. The van der Waals surface area contributed by atoms with E-state index < -0.39 is 12.0 Å². The summed E-state index contributed by atoms with van der Waals surface area (Å²) in [6.45, 7) is 1.88. The number of β-lactam (4-membered cyclic amide) rings is 1. The van der Waals surface area contributed by atoms with Gasteiger partial charge in [0.2, 0.25) is 5.91 Å². The van der Waals surface area contributed by atoms with Crippen LogP contribution < -0.4 is 0 Å². The third-order valence-corrected chi connectivity index (χ3v) is 5.41. The number of carbonyl (C=O) groups excluding carboxylic acids is 2. The molecule has 0 aromatic heterocycles. The number of carboxylic acid groups (broad SMARTS) is 1. The summed E-state index contributed by atoms with van der Waals surface area (Å²) < 4.78 is 0. The predicted octanol–water partition coefficient (Wildman–Crippen LogP) is 1.21. The average molecular weight is 354 g/mol. The van der Waals surface area contributed by atoms with E-state index in [1.807, 2.05) is 0 Å². The number of carboxylic acids is 1. The first-order chi connectivity index (χ1) is 12.4. The van der Waals surface area contributed by atoms with Crippen LogP contribution in [0.5, 0.6) is 5.75 Å².